The van der Waals surface area contributed by atoms with E-state index in [9.17, 15) is 4.79 Å². The number of anilines is 1. The maximum Gasteiger partial charge on any atom is 0.335 e. The summed E-state index contributed by atoms with van der Waals surface area (Å²) in [6.45, 7) is 6.39. The Bertz CT molecular complexity index is 281. The van der Waals surface area contributed by atoms with Gasteiger partial charge in [0.15, 0.2) is 0 Å². The summed E-state index contributed by atoms with van der Waals surface area (Å²) >= 11 is 0. The molecule has 0 aromatic heterocycles. The number of nitrogens with two attached hydrogens (primary N) is 1. The minimum Gasteiger partial charge on any atom is -0.478 e. The summed E-state index contributed by atoms with van der Waals surface area (Å²) in [6, 6.07) is 6.06. The number of carboxylic acid groups (broad SMARTS) is 1. The molecule has 0 amide bonds. The van der Waals surface area contributed by atoms with E-state index in [2.05, 4.69) is 19.2 Å². The second-order valence-electron chi connectivity index (χ2n) is 2.88. The fourth-order valence-corrected chi connectivity index (χ4v) is 0.876. The molecule has 0 unspecified atom stereocenters. The first kappa shape index (κ1) is 13.4. The standard InChI is InChI=1S/C7H7NO2.C4H11N/c8-6-3-1-5(2-4-6)7(9)10;1-3-5-4-2/h1-4H,8H2,(H,9,10);5H,3-4H2,1-2H3. The van der Waals surface area contributed by atoms with E-state index in [1.54, 1.807) is 12.1 Å². The van der Waals surface area contributed by atoms with Crippen molar-refractivity contribution >= 4 is 11.7 Å². The SMILES string of the molecule is CCNCC.Nc1ccc(C(=O)O)cc1. The van der Waals surface area contributed by atoms with Gasteiger partial charge >= 0.3 is 5.97 Å². The Balaban J connectivity index is 0.000000336. The van der Waals surface area contributed by atoms with Crippen LogP contribution in [0.5, 0.6) is 0 Å². The lowest BCUT2D eigenvalue weighted by Crippen LogP contribution is -2.09. The van der Waals surface area contributed by atoms with Crippen LogP contribution in [0.1, 0.15) is 24.2 Å². The molecule has 15 heavy (non-hydrogen) atoms. The summed E-state index contributed by atoms with van der Waals surface area (Å²) in [5.74, 6) is -0.931. The van der Waals surface area contributed by atoms with Gasteiger partial charge in [-0.05, 0) is 37.4 Å². The van der Waals surface area contributed by atoms with Gasteiger partial charge in [0, 0.05) is 5.69 Å². The Hall–Kier alpha value is -1.55. The number of benzene rings is 1. The third-order valence-corrected chi connectivity index (χ3v) is 1.66. The minimum absolute atomic E-state index is 0.259. The highest BCUT2D eigenvalue weighted by atomic mass is 16.4. The van der Waals surface area contributed by atoms with Crippen LogP contribution < -0.4 is 11.1 Å². The lowest BCUT2D eigenvalue weighted by atomic mass is 10.2. The van der Waals surface area contributed by atoms with Gasteiger partial charge in [-0.15, -0.1) is 0 Å². The van der Waals surface area contributed by atoms with E-state index in [4.69, 9.17) is 10.8 Å². The molecule has 4 N–H and O–H groups in total. The maximum atomic E-state index is 10.3. The van der Waals surface area contributed by atoms with Gasteiger partial charge in [-0.3, -0.25) is 0 Å². The molecule has 0 spiro atoms. The molecule has 0 radical (unpaired) electrons. The molecule has 4 nitrogen and oxygen atoms in total. The lowest BCUT2D eigenvalue weighted by molar-refractivity contribution is 0.0697. The maximum absolute atomic E-state index is 10.3. The van der Waals surface area contributed by atoms with Crippen LogP contribution in [-0.4, -0.2) is 24.2 Å². The highest BCUT2D eigenvalue weighted by Gasteiger charge is 1.98. The molecular formula is C11H18N2O2. The van der Waals surface area contributed by atoms with Crippen LogP contribution >= 0.6 is 0 Å². The predicted octanol–water partition coefficient (Wildman–Crippen LogP) is 1.58. The average Bonchev–Trinajstić information content (AvgIpc) is 2.20. The first-order valence-corrected chi connectivity index (χ1v) is 4.91. The molecule has 0 aliphatic rings. The minimum atomic E-state index is -0.931. The Labute approximate surface area is 90.1 Å². The highest BCUT2D eigenvalue weighted by molar-refractivity contribution is 5.87. The van der Waals surface area contributed by atoms with Crippen molar-refractivity contribution in [2.24, 2.45) is 0 Å². The first-order valence-electron chi connectivity index (χ1n) is 4.91. The second-order valence-corrected chi connectivity index (χ2v) is 2.88. The fraction of sp³-hybridized carbons (Fsp3) is 0.364. The molecule has 1 aromatic carbocycles. The van der Waals surface area contributed by atoms with Crippen molar-refractivity contribution in [3.8, 4) is 0 Å². The summed E-state index contributed by atoms with van der Waals surface area (Å²) in [5.41, 5.74) is 6.17. The summed E-state index contributed by atoms with van der Waals surface area (Å²) in [6.07, 6.45) is 0. The molecule has 84 valence electrons. The number of hydrogen-bond acceptors (Lipinski definition) is 3. The van der Waals surface area contributed by atoms with Crippen molar-refractivity contribution in [3.63, 3.8) is 0 Å². The van der Waals surface area contributed by atoms with Crippen molar-refractivity contribution in [1.29, 1.82) is 0 Å². The molecule has 4 heteroatoms. The zero-order valence-electron chi connectivity index (χ0n) is 9.16. The van der Waals surface area contributed by atoms with E-state index in [1.165, 1.54) is 12.1 Å². The quantitative estimate of drug-likeness (QED) is 0.662. The number of hydrogen-bond donors (Lipinski definition) is 3. The Morgan fingerprint density at radius 2 is 1.73 bits per heavy atom. The van der Waals surface area contributed by atoms with Crippen LogP contribution in [-0.2, 0) is 0 Å². The summed E-state index contributed by atoms with van der Waals surface area (Å²) in [4.78, 5) is 10.3. The molecule has 0 saturated heterocycles. The van der Waals surface area contributed by atoms with Gasteiger partial charge in [-0.1, -0.05) is 13.8 Å². The largest absolute Gasteiger partial charge is 0.478 e. The van der Waals surface area contributed by atoms with E-state index in [0.717, 1.165) is 13.1 Å². The van der Waals surface area contributed by atoms with Crippen LogP contribution in [0, 0.1) is 0 Å². The highest BCUT2D eigenvalue weighted by Crippen LogP contribution is 2.04. The molecule has 0 atom stereocenters. The van der Waals surface area contributed by atoms with Crippen LogP contribution in [0.2, 0.25) is 0 Å². The van der Waals surface area contributed by atoms with Crippen LogP contribution in [0.25, 0.3) is 0 Å². The van der Waals surface area contributed by atoms with E-state index in [0.29, 0.717) is 5.69 Å². The van der Waals surface area contributed by atoms with E-state index >= 15 is 0 Å². The zero-order chi connectivity index (χ0) is 11.7. The van der Waals surface area contributed by atoms with Crippen molar-refractivity contribution in [1.82, 2.24) is 5.32 Å². The van der Waals surface area contributed by atoms with Crippen molar-refractivity contribution < 1.29 is 9.90 Å². The van der Waals surface area contributed by atoms with Gasteiger partial charge in [-0.2, -0.15) is 0 Å². The van der Waals surface area contributed by atoms with Crippen molar-refractivity contribution in [2.75, 3.05) is 18.8 Å². The normalized spacial score (nSPS) is 8.93. The summed E-state index contributed by atoms with van der Waals surface area (Å²) in [7, 11) is 0. The summed E-state index contributed by atoms with van der Waals surface area (Å²) in [5, 5.41) is 11.5. The molecule has 1 rings (SSSR count). The number of carboxylic acids is 1. The van der Waals surface area contributed by atoms with Gasteiger partial charge in [0.25, 0.3) is 0 Å². The number of nitrogens with one attached hydrogen (secondary N) is 1. The van der Waals surface area contributed by atoms with E-state index in [-0.39, 0.29) is 5.56 Å². The van der Waals surface area contributed by atoms with Crippen molar-refractivity contribution in [2.45, 2.75) is 13.8 Å². The Morgan fingerprint density at radius 3 is 2.00 bits per heavy atom. The van der Waals surface area contributed by atoms with Gasteiger partial charge in [-0.25, -0.2) is 4.79 Å². The number of nitrogen functional groups attached to an aromatic ring is 1. The lowest BCUT2D eigenvalue weighted by Gasteiger charge is -1.93. The fourth-order valence-electron chi connectivity index (χ4n) is 0.876. The van der Waals surface area contributed by atoms with Crippen LogP contribution in [0.4, 0.5) is 5.69 Å². The molecular weight excluding hydrogens is 192 g/mol. The van der Waals surface area contributed by atoms with Crippen LogP contribution in [0.3, 0.4) is 0 Å². The number of aromatic carboxylic acids is 1. The predicted molar refractivity (Wildman–Crippen MR) is 62.0 cm³/mol. The van der Waals surface area contributed by atoms with Gasteiger partial charge in [0.05, 0.1) is 5.56 Å². The number of rotatable bonds is 3. The smallest absolute Gasteiger partial charge is 0.335 e. The first-order chi connectivity index (χ1) is 7.11. The zero-order valence-corrected chi connectivity index (χ0v) is 9.16. The third kappa shape index (κ3) is 6.51. The van der Waals surface area contributed by atoms with E-state index in [1.807, 2.05) is 0 Å². The van der Waals surface area contributed by atoms with Gasteiger partial charge in [0.2, 0.25) is 0 Å². The third-order valence-electron chi connectivity index (χ3n) is 1.66. The molecule has 0 aliphatic carbocycles. The molecule has 1 aromatic rings. The summed E-state index contributed by atoms with van der Waals surface area (Å²) < 4.78 is 0. The molecule has 0 heterocycles. The molecule has 0 fully saturated rings. The molecule has 0 bridgehead atoms. The topological polar surface area (TPSA) is 75.3 Å². The van der Waals surface area contributed by atoms with Crippen molar-refractivity contribution in [3.05, 3.63) is 29.8 Å². The van der Waals surface area contributed by atoms with E-state index < -0.39 is 5.97 Å². The Morgan fingerprint density at radius 1 is 1.27 bits per heavy atom. The van der Waals surface area contributed by atoms with Crippen LogP contribution in [0.15, 0.2) is 24.3 Å². The van der Waals surface area contributed by atoms with Gasteiger partial charge in [0.1, 0.15) is 0 Å². The molecule has 0 saturated carbocycles. The monoisotopic (exact) mass is 210 g/mol. The van der Waals surface area contributed by atoms with Gasteiger partial charge < -0.3 is 16.2 Å². The number of carbonyl (C=O) groups is 1. The average molecular weight is 210 g/mol. The Kier molecular flexibility index (Phi) is 7.01. The second kappa shape index (κ2) is 7.82. The molecule has 0 aliphatic heterocycles.